The lowest BCUT2D eigenvalue weighted by Gasteiger charge is -2.14. The minimum Gasteiger partial charge on any atom is -0.307 e. The van der Waals surface area contributed by atoms with Gasteiger partial charge in [-0.25, -0.2) is 19.9 Å². The molecule has 0 aliphatic carbocycles. The first kappa shape index (κ1) is 74.5. The summed E-state index contributed by atoms with van der Waals surface area (Å²) in [6, 6.07) is 167. The van der Waals surface area contributed by atoms with Gasteiger partial charge in [0.2, 0.25) is 0 Å². The lowest BCUT2D eigenvalue weighted by Crippen LogP contribution is -1.98. The molecule has 0 aliphatic heterocycles. The van der Waals surface area contributed by atoms with Crippen molar-refractivity contribution in [2.45, 2.75) is 0 Å². The molecule has 20 aromatic carbocycles. The minimum absolute atomic E-state index is 0.907. The Hall–Kier alpha value is -17.7. The van der Waals surface area contributed by atoms with E-state index < -0.39 is 0 Å². The van der Waals surface area contributed by atoms with Gasteiger partial charge < -0.3 is 18.3 Å². The van der Waals surface area contributed by atoms with Crippen LogP contribution in [0.3, 0.4) is 0 Å². The van der Waals surface area contributed by atoms with Gasteiger partial charge >= 0.3 is 0 Å². The fourth-order valence-corrected chi connectivity index (χ4v) is 21.3. The molecule has 0 saturated carbocycles. The molecule has 28 aromatic rings. The second-order valence-corrected chi connectivity index (χ2v) is 34.6. The number of hydrogen-bond acceptors (Lipinski definition) is 4. The second kappa shape index (κ2) is 30.0. The summed E-state index contributed by atoms with van der Waals surface area (Å²) in [6.07, 6.45) is 0. The SMILES string of the molecule is c1ccc(-c2c3ccccc3nc3c2ccc2ccc(-c4ccc5cc6cc(-c7ccc(-n8c9ccccc9c9ccc%10c%11ccccc%11n(-c%11ccccc%11)c%10c98)cc7)ccc6cc5c4)nc23)cc1.c1ccc(-c2c3ccccc3nc3c2ccc2ccc(-c4cccc(-c5ccc(-n6c7ccccc7c7ccc8c9ccccc9n(-c9ccccc9)c8c76)cc5)c4)nc23)cc1. The highest BCUT2D eigenvalue weighted by molar-refractivity contribution is 6.27. The highest BCUT2D eigenvalue weighted by Crippen LogP contribution is 2.48. The van der Waals surface area contributed by atoms with Gasteiger partial charge in [-0.05, 0) is 182 Å². The molecule has 0 spiro atoms. The van der Waals surface area contributed by atoms with E-state index in [0.29, 0.717) is 0 Å². The van der Waals surface area contributed by atoms with E-state index in [-0.39, 0.29) is 0 Å². The van der Waals surface area contributed by atoms with E-state index in [1.165, 1.54) is 142 Å². The average Bonchev–Trinajstić information content (AvgIpc) is 1.53. The molecule has 0 unspecified atom stereocenters. The quantitative estimate of drug-likeness (QED) is 0.101. The normalized spacial score (nSPS) is 11.9. The van der Waals surface area contributed by atoms with Gasteiger partial charge in [0.15, 0.2) is 0 Å². The van der Waals surface area contributed by atoms with Gasteiger partial charge in [0.1, 0.15) is 0 Å². The molecular weight excluding hydrogens is 1600 g/mol. The summed E-state index contributed by atoms with van der Waals surface area (Å²) in [5.41, 5.74) is 33.1. The Morgan fingerprint density at radius 1 is 0.144 bits per heavy atom. The Bertz CT molecular complexity index is 9630. The highest BCUT2D eigenvalue weighted by atomic mass is 15.1. The van der Waals surface area contributed by atoms with Crippen molar-refractivity contribution in [3.63, 3.8) is 0 Å². The van der Waals surface area contributed by atoms with E-state index >= 15 is 0 Å². The van der Waals surface area contributed by atoms with Crippen LogP contribution in [0.4, 0.5) is 0 Å². The maximum atomic E-state index is 5.36. The van der Waals surface area contributed by atoms with Gasteiger partial charge in [0, 0.05) is 120 Å². The number of rotatable bonds is 10. The third kappa shape index (κ3) is 11.9. The van der Waals surface area contributed by atoms with Gasteiger partial charge in [-0.3, -0.25) is 0 Å². The van der Waals surface area contributed by atoms with Crippen molar-refractivity contribution < 1.29 is 0 Å². The summed E-state index contributed by atoms with van der Waals surface area (Å²) >= 11 is 0. The molecule has 0 radical (unpaired) electrons. The van der Waals surface area contributed by atoms with Crippen molar-refractivity contribution in [3.8, 4) is 89.8 Å². The van der Waals surface area contributed by atoms with E-state index in [2.05, 4.69) is 479 Å². The van der Waals surface area contributed by atoms with Crippen molar-refractivity contribution in [1.29, 1.82) is 0 Å². The summed E-state index contributed by atoms with van der Waals surface area (Å²) in [4.78, 5) is 21.2. The monoisotopic (exact) mass is 1680 g/mol. The summed E-state index contributed by atoms with van der Waals surface area (Å²) < 4.78 is 9.80. The van der Waals surface area contributed by atoms with E-state index in [1.807, 2.05) is 0 Å². The van der Waals surface area contributed by atoms with Crippen LogP contribution in [0.5, 0.6) is 0 Å². The third-order valence-electron chi connectivity index (χ3n) is 27.3. The summed E-state index contributed by atoms with van der Waals surface area (Å²) in [7, 11) is 0. The van der Waals surface area contributed by atoms with Crippen LogP contribution < -0.4 is 0 Å². The molecule has 8 heteroatoms. The molecule has 132 heavy (non-hydrogen) atoms. The first-order valence-corrected chi connectivity index (χ1v) is 45.1. The predicted octanol–water partition coefficient (Wildman–Crippen LogP) is 32.6. The average molecular weight is 1680 g/mol. The molecule has 0 aliphatic rings. The number of fused-ring (bicyclic) bond motifs is 24. The number of hydrogen-bond donors (Lipinski definition) is 0. The van der Waals surface area contributed by atoms with Crippen LogP contribution in [0.2, 0.25) is 0 Å². The molecule has 8 nitrogen and oxygen atoms in total. The molecule has 0 fully saturated rings. The molecule has 0 atom stereocenters. The highest BCUT2D eigenvalue weighted by Gasteiger charge is 2.26. The standard InChI is InChI=1S/C66H40N4.C58H36N4/c1-3-13-42(14-4-1)62-56-19-7-10-20-59(56)68-64-57(62)33-29-43-30-36-58(67-63(43)64)47-26-25-46-38-48-37-44(23-24-45(48)39-49(46)40-47)41-27-31-51(32-28-41)70-61-22-12-9-18-53(61)55-35-34-54-52-17-8-11-21-60(52)69(65(54)66(55)70)50-15-5-2-6-16-50;1-3-14-38(15-4-1)54-48-22-7-10-23-51(48)60-56-49(54)32-28-39-29-35-50(59-55(39)56)41-17-13-16-40(36-41)37-26-30-43(31-27-37)62-53-25-12-9-21-45(53)47-34-33-46-44-20-8-11-24-52(44)61(57(46)58(47)62)42-18-5-2-6-19-42/h1-40H;1-36H. The van der Waals surface area contributed by atoms with Gasteiger partial charge in [-0.2, -0.15) is 0 Å². The molecule has 8 heterocycles. The van der Waals surface area contributed by atoms with Crippen molar-refractivity contribution in [1.82, 2.24) is 38.2 Å². The van der Waals surface area contributed by atoms with Gasteiger partial charge in [-0.1, -0.05) is 334 Å². The Morgan fingerprint density at radius 3 is 0.841 bits per heavy atom. The fourth-order valence-electron chi connectivity index (χ4n) is 21.3. The van der Waals surface area contributed by atoms with Gasteiger partial charge in [-0.15, -0.1) is 0 Å². The van der Waals surface area contributed by atoms with E-state index in [1.54, 1.807) is 0 Å². The van der Waals surface area contributed by atoms with Crippen LogP contribution in [0.25, 0.3) is 264 Å². The van der Waals surface area contributed by atoms with Crippen molar-refractivity contribution in [2.24, 2.45) is 0 Å². The maximum Gasteiger partial charge on any atom is 0.0978 e. The Labute approximate surface area is 758 Å². The fraction of sp³-hybridized carbons (Fsp3) is 0. The molecular formula is C124H76N8. The summed E-state index contributed by atoms with van der Waals surface area (Å²) in [5, 5.41) is 21.4. The van der Waals surface area contributed by atoms with Gasteiger partial charge in [0.25, 0.3) is 0 Å². The number of nitrogens with zero attached hydrogens (tertiary/aromatic N) is 8. The van der Waals surface area contributed by atoms with E-state index in [9.17, 15) is 0 Å². The van der Waals surface area contributed by atoms with Crippen LogP contribution in [-0.2, 0) is 0 Å². The van der Waals surface area contributed by atoms with Crippen LogP contribution in [-0.4, -0.2) is 38.2 Å². The van der Waals surface area contributed by atoms with Gasteiger partial charge in [0.05, 0.1) is 88.6 Å². The molecule has 0 saturated heterocycles. The molecule has 0 N–H and O–H groups in total. The van der Waals surface area contributed by atoms with Crippen molar-refractivity contribution in [3.05, 3.63) is 461 Å². The maximum absolute atomic E-state index is 5.36. The Morgan fingerprint density at radius 2 is 0.432 bits per heavy atom. The Balaban J connectivity index is 0.000000136. The molecule has 612 valence electrons. The van der Waals surface area contributed by atoms with E-state index in [0.717, 1.165) is 122 Å². The third-order valence-corrected chi connectivity index (χ3v) is 27.3. The lowest BCUT2D eigenvalue weighted by atomic mass is 9.95. The van der Waals surface area contributed by atoms with Crippen LogP contribution in [0, 0.1) is 0 Å². The summed E-state index contributed by atoms with van der Waals surface area (Å²) in [6.45, 7) is 0. The van der Waals surface area contributed by atoms with Crippen LogP contribution in [0.1, 0.15) is 0 Å². The Kier molecular flexibility index (Phi) is 16.9. The smallest absolute Gasteiger partial charge is 0.0978 e. The van der Waals surface area contributed by atoms with Crippen molar-refractivity contribution in [2.75, 3.05) is 0 Å². The predicted molar refractivity (Wildman–Crippen MR) is 554 cm³/mol. The largest absolute Gasteiger partial charge is 0.307 e. The molecule has 8 aromatic heterocycles. The van der Waals surface area contributed by atoms with Crippen molar-refractivity contribution >= 4 is 174 Å². The number of benzene rings is 20. The lowest BCUT2D eigenvalue weighted by molar-refractivity contribution is 1.15. The molecule has 0 amide bonds. The summed E-state index contributed by atoms with van der Waals surface area (Å²) in [5.74, 6) is 0. The zero-order valence-corrected chi connectivity index (χ0v) is 71.5. The zero-order chi connectivity index (χ0) is 86.6. The molecule has 0 bridgehead atoms. The number of aromatic nitrogens is 8. The topological polar surface area (TPSA) is 71.3 Å². The first-order chi connectivity index (χ1) is 65.5. The van der Waals surface area contributed by atoms with E-state index in [4.69, 9.17) is 19.9 Å². The molecule has 28 rings (SSSR count). The van der Waals surface area contributed by atoms with Crippen LogP contribution >= 0.6 is 0 Å². The number of pyridine rings is 4. The minimum atomic E-state index is 0.907. The number of para-hydroxylation sites is 8. The van der Waals surface area contributed by atoms with Crippen LogP contribution in [0.15, 0.2) is 461 Å². The first-order valence-electron chi connectivity index (χ1n) is 45.1. The zero-order valence-electron chi connectivity index (χ0n) is 71.5. The second-order valence-electron chi connectivity index (χ2n) is 34.6.